The van der Waals surface area contributed by atoms with Gasteiger partial charge in [0.15, 0.2) is 0 Å². The lowest BCUT2D eigenvalue weighted by Gasteiger charge is -2.15. The number of fused-ring (bicyclic) bond motifs is 1. The average molecular weight is 258 g/mol. The van der Waals surface area contributed by atoms with Crippen LogP contribution in [0.2, 0.25) is 0 Å². The number of nitrogens with one attached hydrogen (secondary N) is 1. The highest BCUT2D eigenvalue weighted by Gasteiger charge is 2.10. The summed E-state index contributed by atoms with van der Waals surface area (Å²) in [7, 11) is 0. The fourth-order valence-corrected chi connectivity index (χ4v) is 2.34. The highest BCUT2D eigenvalue weighted by molar-refractivity contribution is 5.94. The monoisotopic (exact) mass is 258 g/mol. The molecule has 0 aliphatic heterocycles. The first-order valence-corrected chi connectivity index (χ1v) is 6.57. The molecule has 3 aromatic carbocycles. The zero-order valence-electron chi connectivity index (χ0n) is 11.0. The molecule has 0 amide bonds. The van der Waals surface area contributed by atoms with E-state index in [-0.39, 0.29) is 6.04 Å². The predicted octanol–water partition coefficient (Wildman–Crippen LogP) is 4.52. The van der Waals surface area contributed by atoms with Crippen molar-refractivity contribution in [2.75, 3.05) is 5.32 Å². The van der Waals surface area contributed by atoms with E-state index >= 15 is 0 Å². The topological polar surface area (TPSA) is 35.8 Å². The van der Waals surface area contributed by atoms with Crippen LogP contribution < -0.4 is 5.32 Å². The summed E-state index contributed by atoms with van der Waals surface area (Å²) >= 11 is 0. The molecule has 96 valence electrons. The van der Waals surface area contributed by atoms with Crippen molar-refractivity contribution in [2.45, 2.75) is 6.04 Å². The first-order valence-electron chi connectivity index (χ1n) is 6.57. The van der Waals surface area contributed by atoms with Crippen LogP contribution in [0.25, 0.3) is 10.8 Å². The van der Waals surface area contributed by atoms with Crippen molar-refractivity contribution in [2.24, 2.45) is 0 Å². The predicted molar refractivity (Wildman–Crippen MR) is 82.4 cm³/mol. The molecule has 0 radical (unpaired) electrons. The largest absolute Gasteiger partial charge is 0.366 e. The number of rotatable bonds is 3. The van der Waals surface area contributed by atoms with Gasteiger partial charge in [0.25, 0.3) is 0 Å². The van der Waals surface area contributed by atoms with Crippen LogP contribution in [0.1, 0.15) is 11.6 Å². The molecule has 2 heteroatoms. The van der Waals surface area contributed by atoms with Gasteiger partial charge in [0.1, 0.15) is 6.04 Å². The van der Waals surface area contributed by atoms with Crippen LogP contribution in [-0.2, 0) is 0 Å². The molecule has 0 aliphatic carbocycles. The molecular formula is C18H14N2. The Balaban J connectivity index is 1.99. The summed E-state index contributed by atoms with van der Waals surface area (Å²) in [6, 6.07) is 26.0. The van der Waals surface area contributed by atoms with Crippen molar-refractivity contribution in [1.29, 1.82) is 5.26 Å². The van der Waals surface area contributed by atoms with Crippen molar-refractivity contribution in [3.8, 4) is 6.07 Å². The summed E-state index contributed by atoms with van der Waals surface area (Å²) in [6.45, 7) is 0. The molecular weight excluding hydrogens is 244 g/mol. The first-order chi connectivity index (χ1) is 9.88. The highest BCUT2D eigenvalue weighted by Crippen LogP contribution is 2.26. The molecule has 1 unspecified atom stereocenters. The molecule has 1 atom stereocenters. The van der Waals surface area contributed by atoms with E-state index in [0.29, 0.717) is 0 Å². The van der Waals surface area contributed by atoms with Crippen molar-refractivity contribution < 1.29 is 0 Å². The second-order valence-electron chi connectivity index (χ2n) is 4.64. The van der Waals surface area contributed by atoms with Gasteiger partial charge in [0, 0.05) is 11.1 Å². The van der Waals surface area contributed by atoms with Crippen LogP contribution in [0, 0.1) is 11.3 Å². The summed E-state index contributed by atoms with van der Waals surface area (Å²) in [4.78, 5) is 0. The Morgan fingerprint density at radius 3 is 2.30 bits per heavy atom. The standard InChI is InChI=1S/C18H14N2/c19-13-18(15-8-2-1-3-9-15)20-17-12-6-10-14-7-4-5-11-16(14)17/h1-12,18,20H. The quantitative estimate of drug-likeness (QED) is 0.750. The maximum absolute atomic E-state index is 9.40. The summed E-state index contributed by atoms with van der Waals surface area (Å²) < 4.78 is 0. The number of benzene rings is 3. The van der Waals surface area contributed by atoms with E-state index in [1.165, 1.54) is 5.39 Å². The third-order valence-corrected chi connectivity index (χ3v) is 3.35. The Kier molecular flexibility index (Phi) is 3.34. The fourth-order valence-electron chi connectivity index (χ4n) is 2.34. The molecule has 0 bridgehead atoms. The maximum Gasteiger partial charge on any atom is 0.140 e. The van der Waals surface area contributed by atoms with Crippen molar-refractivity contribution in [3.05, 3.63) is 78.4 Å². The van der Waals surface area contributed by atoms with Crippen LogP contribution in [0.5, 0.6) is 0 Å². The normalized spacial score (nSPS) is 11.8. The Labute approximate surface area is 118 Å². The Bertz CT molecular complexity index is 752. The van der Waals surface area contributed by atoms with E-state index < -0.39 is 0 Å². The van der Waals surface area contributed by atoms with Crippen molar-refractivity contribution >= 4 is 16.5 Å². The molecule has 1 N–H and O–H groups in total. The fraction of sp³-hybridized carbons (Fsp3) is 0.0556. The summed E-state index contributed by atoms with van der Waals surface area (Å²) in [5.74, 6) is 0. The minimum absolute atomic E-state index is 0.345. The molecule has 0 spiro atoms. The lowest BCUT2D eigenvalue weighted by atomic mass is 10.1. The van der Waals surface area contributed by atoms with Gasteiger partial charge in [-0.3, -0.25) is 0 Å². The number of hydrogen-bond donors (Lipinski definition) is 1. The van der Waals surface area contributed by atoms with Gasteiger partial charge >= 0.3 is 0 Å². The van der Waals surface area contributed by atoms with Gasteiger partial charge in [-0.15, -0.1) is 0 Å². The lowest BCUT2D eigenvalue weighted by molar-refractivity contribution is 1.00. The van der Waals surface area contributed by atoms with E-state index in [9.17, 15) is 5.26 Å². The molecule has 0 fully saturated rings. The lowest BCUT2D eigenvalue weighted by Crippen LogP contribution is -2.08. The molecule has 0 saturated carbocycles. The highest BCUT2D eigenvalue weighted by atomic mass is 14.9. The summed E-state index contributed by atoms with van der Waals surface area (Å²) in [6.07, 6.45) is 0. The van der Waals surface area contributed by atoms with Crippen LogP contribution in [-0.4, -0.2) is 0 Å². The van der Waals surface area contributed by atoms with Crippen LogP contribution in [0.15, 0.2) is 72.8 Å². The van der Waals surface area contributed by atoms with E-state index in [2.05, 4.69) is 29.6 Å². The van der Waals surface area contributed by atoms with Crippen molar-refractivity contribution in [1.82, 2.24) is 0 Å². The number of hydrogen-bond acceptors (Lipinski definition) is 2. The zero-order valence-corrected chi connectivity index (χ0v) is 11.0. The van der Waals surface area contributed by atoms with Gasteiger partial charge in [-0.1, -0.05) is 66.7 Å². The second-order valence-corrected chi connectivity index (χ2v) is 4.64. The number of nitriles is 1. The van der Waals surface area contributed by atoms with Gasteiger partial charge in [-0.25, -0.2) is 0 Å². The molecule has 3 aromatic rings. The van der Waals surface area contributed by atoms with Gasteiger partial charge in [0.2, 0.25) is 0 Å². The summed E-state index contributed by atoms with van der Waals surface area (Å²) in [5, 5.41) is 15.0. The third kappa shape index (κ3) is 2.34. The van der Waals surface area contributed by atoms with Crippen LogP contribution in [0.3, 0.4) is 0 Å². The minimum Gasteiger partial charge on any atom is -0.366 e. The molecule has 0 aromatic heterocycles. The van der Waals surface area contributed by atoms with Gasteiger partial charge in [0.05, 0.1) is 6.07 Å². The van der Waals surface area contributed by atoms with E-state index in [1.807, 2.05) is 54.6 Å². The van der Waals surface area contributed by atoms with Crippen LogP contribution >= 0.6 is 0 Å². The van der Waals surface area contributed by atoms with E-state index in [4.69, 9.17) is 0 Å². The van der Waals surface area contributed by atoms with E-state index in [1.54, 1.807) is 0 Å². The number of anilines is 1. The molecule has 0 heterocycles. The van der Waals surface area contributed by atoms with Gasteiger partial charge in [-0.2, -0.15) is 5.26 Å². The molecule has 20 heavy (non-hydrogen) atoms. The first kappa shape index (κ1) is 12.3. The second kappa shape index (κ2) is 5.46. The third-order valence-electron chi connectivity index (χ3n) is 3.35. The minimum atomic E-state index is -0.345. The number of nitrogens with zero attached hydrogens (tertiary/aromatic N) is 1. The zero-order chi connectivity index (χ0) is 13.8. The van der Waals surface area contributed by atoms with E-state index in [0.717, 1.165) is 16.6 Å². The van der Waals surface area contributed by atoms with Crippen molar-refractivity contribution in [3.63, 3.8) is 0 Å². The maximum atomic E-state index is 9.40. The smallest absolute Gasteiger partial charge is 0.140 e. The van der Waals surface area contributed by atoms with Gasteiger partial charge in [-0.05, 0) is 17.0 Å². The SMILES string of the molecule is N#CC(Nc1cccc2ccccc12)c1ccccc1. The Hall–Kier alpha value is -2.79. The molecule has 2 nitrogen and oxygen atoms in total. The summed E-state index contributed by atoms with van der Waals surface area (Å²) in [5.41, 5.74) is 1.96. The Morgan fingerprint density at radius 1 is 0.800 bits per heavy atom. The molecule has 0 saturated heterocycles. The molecule has 0 aliphatic rings. The molecule has 3 rings (SSSR count). The van der Waals surface area contributed by atoms with Crippen LogP contribution in [0.4, 0.5) is 5.69 Å². The Morgan fingerprint density at radius 2 is 1.50 bits per heavy atom. The average Bonchev–Trinajstić information content (AvgIpc) is 2.53. The van der Waals surface area contributed by atoms with Gasteiger partial charge < -0.3 is 5.32 Å².